The van der Waals surface area contributed by atoms with Crippen molar-refractivity contribution in [2.75, 3.05) is 7.05 Å². The normalized spacial score (nSPS) is 18.2. The summed E-state index contributed by atoms with van der Waals surface area (Å²) in [6.07, 6.45) is 2.65. The smallest absolute Gasteiger partial charge is 0.266 e. The Morgan fingerprint density at radius 3 is 2.59 bits per heavy atom. The number of hydrogen-bond donors (Lipinski definition) is 0. The van der Waals surface area contributed by atoms with Crippen LogP contribution in [0.25, 0.3) is 33.5 Å². The first-order valence-electron chi connectivity index (χ1n) is 11.4. The van der Waals surface area contributed by atoms with Crippen LogP contribution in [0.2, 0.25) is 0 Å². The Bertz CT molecular complexity index is 1450. The van der Waals surface area contributed by atoms with Crippen molar-refractivity contribution in [3.05, 3.63) is 53.9 Å². The van der Waals surface area contributed by atoms with Gasteiger partial charge in [-0.15, -0.1) is 0 Å². The largest absolute Gasteiger partial charge is 0.340 e. The minimum Gasteiger partial charge on any atom is -0.340 e. The third-order valence-electron chi connectivity index (χ3n) is 6.81. The van der Waals surface area contributed by atoms with Crippen LogP contribution in [0.4, 0.5) is 8.78 Å². The monoisotopic (exact) mass is 462 g/mol. The zero-order chi connectivity index (χ0) is 23.7. The SMILES string of the molecule is CC1C(=O)N(C)Cc2c(-c3cccc4nc(-c5cn(C)cn5)c(C(F)F)cc34)nc(C3CC3)n21. The quantitative estimate of drug-likeness (QED) is 0.435. The Hall–Kier alpha value is -3.62. The van der Waals surface area contributed by atoms with E-state index in [4.69, 9.17) is 4.98 Å². The number of pyridine rings is 1. The number of carbonyl (C=O) groups is 1. The van der Waals surface area contributed by atoms with Crippen LogP contribution in [0.5, 0.6) is 0 Å². The van der Waals surface area contributed by atoms with Gasteiger partial charge in [-0.2, -0.15) is 0 Å². The number of fused-ring (bicyclic) bond motifs is 2. The van der Waals surface area contributed by atoms with Gasteiger partial charge >= 0.3 is 0 Å². The van der Waals surface area contributed by atoms with Crippen molar-refractivity contribution in [2.24, 2.45) is 7.05 Å². The van der Waals surface area contributed by atoms with Crippen LogP contribution in [0, 0.1) is 0 Å². The number of rotatable bonds is 4. The Labute approximate surface area is 195 Å². The molecule has 9 heteroatoms. The average molecular weight is 463 g/mol. The molecular weight excluding hydrogens is 438 g/mol. The molecule has 1 aliphatic carbocycles. The molecule has 4 heterocycles. The van der Waals surface area contributed by atoms with Crippen molar-refractivity contribution < 1.29 is 13.6 Å². The molecule has 7 nitrogen and oxygen atoms in total. The summed E-state index contributed by atoms with van der Waals surface area (Å²) in [5.41, 5.74) is 3.48. The fourth-order valence-electron chi connectivity index (χ4n) is 4.97. The van der Waals surface area contributed by atoms with E-state index in [1.165, 1.54) is 6.07 Å². The van der Waals surface area contributed by atoms with Crippen LogP contribution in [0.15, 0.2) is 36.8 Å². The van der Waals surface area contributed by atoms with E-state index in [9.17, 15) is 13.6 Å². The summed E-state index contributed by atoms with van der Waals surface area (Å²) in [6, 6.07) is 6.78. The number of benzene rings is 1. The number of alkyl halides is 2. The molecular formula is C25H24F2N6O. The maximum absolute atomic E-state index is 14.2. The zero-order valence-electron chi connectivity index (χ0n) is 19.2. The number of hydrogen-bond acceptors (Lipinski definition) is 4. The second-order valence-electron chi connectivity index (χ2n) is 9.30. The minimum atomic E-state index is -2.70. The predicted molar refractivity (Wildman–Crippen MR) is 123 cm³/mol. The van der Waals surface area contributed by atoms with Gasteiger partial charge in [0.25, 0.3) is 6.43 Å². The van der Waals surface area contributed by atoms with Crippen molar-refractivity contribution in [3.63, 3.8) is 0 Å². The van der Waals surface area contributed by atoms with Gasteiger partial charge in [0.1, 0.15) is 17.6 Å². The maximum atomic E-state index is 14.2. The molecule has 3 aromatic heterocycles. The molecule has 1 aromatic carbocycles. The third-order valence-corrected chi connectivity index (χ3v) is 6.81. The Morgan fingerprint density at radius 1 is 1.12 bits per heavy atom. The molecule has 0 saturated heterocycles. The van der Waals surface area contributed by atoms with Gasteiger partial charge in [-0.25, -0.2) is 23.7 Å². The van der Waals surface area contributed by atoms with E-state index in [2.05, 4.69) is 14.5 Å². The summed E-state index contributed by atoms with van der Waals surface area (Å²) >= 11 is 0. The van der Waals surface area contributed by atoms with Crippen molar-refractivity contribution in [3.8, 4) is 22.6 Å². The van der Waals surface area contributed by atoms with Crippen molar-refractivity contribution in [1.82, 2.24) is 29.0 Å². The predicted octanol–water partition coefficient (Wildman–Crippen LogP) is 4.85. The number of aromatic nitrogens is 5. The molecule has 6 rings (SSSR count). The summed E-state index contributed by atoms with van der Waals surface area (Å²) < 4.78 is 32.1. The first-order valence-corrected chi connectivity index (χ1v) is 11.4. The molecule has 1 fully saturated rings. The number of amides is 1. The van der Waals surface area contributed by atoms with E-state index < -0.39 is 6.43 Å². The maximum Gasteiger partial charge on any atom is 0.266 e. The average Bonchev–Trinajstić information content (AvgIpc) is 3.46. The second kappa shape index (κ2) is 7.44. The first kappa shape index (κ1) is 20.9. The van der Waals surface area contributed by atoms with Crippen molar-refractivity contribution in [1.29, 1.82) is 0 Å². The number of imidazole rings is 2. The first-order chi connectivity index (χ1) is 16.3. The van der Waals surface area contributed by atoms with Crippen LogP contribution in [-0.4, -0.2) is 41.9 Å². The van der Waals surface area contributed by atoms with Gasteiger partial charge in [0.2, 0.25) is 5.91 Å². The number of carbonyl (C=O) groups excluding carboxylic acids is 1. The highest BCUT2D eigenvalue weighted by molar-refractivity contribution is 5.96. The topological polar surface area (TPSA) is 68.8 Å². The molecule has 4 aromatic rings. The molecule has 1 atom stereocenters. The highest BCUT2D eigenvalue weighted by atomic mass is 19.3. The summed E-state index contributed by atoms with van der Waals surface area (Å²) in [7, 11) is 3.58. The summed E-state index contributed by atoms with van der Waals surface area (Å²) in [5, 5.41) is 0.618. The van der Waals surface area contributed by atoms with E-state index >= 15 is 0 Å². The number of aryl methyl sites for hydroxylation is 1. The number of likely N-dealkylation sites (N-methyl/N-ethyl adjacent to an activating group) is 1. The van der Waals surface area contributed by atoms with Crippen LogP contribution < -0.4 is 0 Å². The van der Waals surface area contributed by atoms with Crippen LogP contribution in [0.3, 0.4) is 0 Å². The van der Waals surface area contributed by atoms with Crippen LogP contribution in [-0.2, 0) is 18.4 Å². The van der Waals surface area contributed by atoms with E-state index in [0.29, 0.717) is 29.1 Å². The van der Waals surface area contributed by atoms with E-state index in [-0.39, 0.29) is 23.2 Å². The second-order valence-corrected chi connectivity index (χ2v) is 9.30. The van der Waals surface area contributed by atoms with E-state index in [0.717, 1.165) is 35.6 Å². The molecule has 0 bridgehead atoms. The molecule has 1 unspecified atom stereocenters. The molecule has 1 amide bonds. The minimum absolute atomic E-state index is 0.0536. The van der Waals surface area contributed by atoms with Crippen molar-refractivity contribution in [2.45, 2.75) is 44.7 Å². The lowest BCUT2D eigenvalue weighted by Gasteiger charge is -2.31. The van der Waals surface area contributed by atoms with Gasteiger partial charge in [0.05, 0.1) is 35.5 Å². The van der Waals surface area contributed by atoms with Gasteiger partial charge in [0, 0.05) is 42.7 Å². The molecule has 0 spiro atoms. The Kier molecular flexibility index (Phi) is 4.59. The number of nitrogens with zero attached hydrogens (tertiary/aromatic N) is 6. The molecule has 0 N–H and O–H groups in total. The van der Waals surface area contributed by atoms with Gasteiger partial charge in [-0.05, 0) is 31.9 Å². The summed E-state index contributed by atoms with van der Waals surface area (Å²) in [4.78, 5) is 28.3. The molecule has 2 aliphatic rings. The molecule has 1 saturated carbocycles. The molecule has 34 heavy (non-hydrogen) atoms. The highest BCUT2D eigenvalue weighted by Gasteiger charge is 2.38. The Balaban J connectivity index is 1.59. The lowest BCUT2D eigenvalue weighted by atomic mass is 9.99. The molecule has 0 radical (unpaired) electrons. The van der Waals surface area contributed by atoms with E-state index in [1.54, 1.807) is 36.1 Å². The number of halogens is 2. The fourth-order valence-corrected chi connectivity index (χ4v) is 4.97. The van der Waals surface area contributed by atoms with Gasteiger partial charge in [-0.3, -0.25) is 4.79 Å². The lowest BCUT2D eigenvalue weighted by Crippen LogP contribution is -2.39. The fraction of sp³-hybridized carbons (Fsp3) is 0.360. The standard InChI is InChI=1S/C25H24F2N6O/c1-13-25(34)32(3)11-20-22(30-24(33(13)20)14-7-8-14)15-5-4-6-18-16(15)9-17(23(26)27)21(29-18)19-10-31(2)12-28-19/h4-6,9-10,12-14,23H,7-8,11H2,1-3H3. The van der Waals surface area contributed by atoms with Crippen molar-refractivity contribution >= 4 is 16.8 Å². The van der Waals surface area contributed by atoms with Crippen LogP contribution in [0.1, 0.15) is 55.2 Å². The molecule has 1 aliphatic heterocycles. The molecule has 174 valence electrons. The third kappa shape index (κ3) is 3.13. The zero-order valence-corrected chi connectivity index (χ0v) is 19.2. The highest BCUT2D eigenvalue weighted by Crippen LogP contribution is 2.45. The Morgan fingerprint density at radius 2 is 1.91 bits per heavy atom. The van der Waals surface area contributed by atoms with Gasteiger partial charge < -0.3 is 14.0 Å². The lowest BCUT2D eigenvalue weighted by molar-refractivity contribution is -0.135. The van der Waals surface area contributed by atoms with Gasteiger partial charge in [0.15, 0.2) is 0 Å². The summed E-state index contributed by atoms with van der Waals surface area (Å²) in [6.45, 7) is 2.33. The van der Waals surface area contributed by atoms with E-state index in [1.807, 2.05) is 25.1 Å². The van der Waals surface area contributed by atoms with Crippen LogP contribution >= 0.6 is 0 Å². The van der Waals surface area contributed by atoms with Gasteiger partial charge in [-0.1, -0.05) is 12.1 Å². The summed E-state index contributed by atoms with van der Waals surface area (Å²) in [5.74, 6) is 1.31.